The third kappa shape index (κ3) is 5.89. The lowest BCUT2D eigenvalue weighted by molar-refractivity contribution is 0.0659. The summed E-state index contributed by atoms with van der Waals surface area (Å²) < 4.78 is 6.16. The van der Waals surface area contributed by atoms with Crippen molar-refractivity contribution in [2.24, 2.45) is 0 Å². The van der Waals surface area contributed by atoms with Crippen molar-refractivity contribution in [3.8, 4) is 5.75 Å². The Labute approximate surface area is 176 Å². The molecular weight excluding hydrogens is 382 g/mol. The van der Waals surface area contributed by atoms with Crippen molar-refractivity contribution >= 4 is 29.2 Å². The molecule has 5 nitrogen and oxygen atoms in total. The summed E-state index contributed by atoms with van der Waals surface area (Å²) in [6, 6.07) is 15.9. The lowest BCUT2D eigenvalue weighted by Gasteiger charge is -2.25. The summed E-state index contributed by atoms with van der Waals surface area (Å²) in [5.41, 5.74) is 3.05. The van der Waals surface area contributed by atoms with Crippen molar-refractivity contribution in [1.29, 1.82) is 0 Å². The Hall–Kier alpha value is -2.70. The number of aliphatic hydroxyl groups is 1. The second-order valence-corrected chi connectivity index (χ2v) is 8.45. The van der Waals surface area contributed by atoms with E-state index in [0.717, 1.165) is 21.3 Å². The maximum Gasteiger partial charge on any atom is 0.195 e. The van der Waals surface area contributed by atoms with Gasteiger partial charge < -0.3 is 15.2 Å². The van der Waals surface area contributed by atoms with Crippen LogP contribution < -0.4 is 10.1 Å². The van der Waals surface area contributed by atoms with E-state index >= 15 is 0 Å². The van der Waals surface area contributed by atoms with Crippen LogP contribution in [0.2, 0.25) is 0 Å². The van der Waals surface area contributed by atoms with Gasteiger partial charge in [0.15, 0.2) is 6.23 Å². The van der Waals surface area contributed by atoms with Gasteiger partial charge in [-0.25, -0.2) is 0 Å². The van der Waals surface area contributed by atoms with E-state index in [1.54, 1.807) is 6.92 Å². The van der Waals surface area contributed by atoms with Crippen LogP contribution >= 0.6 is 11.3 Å². The molecule has 3 aromatic rings. The van der Waals surface area contributed by atoms with E-state index in [-0.39, 0.29) is 0 Å². The summed E-state index contributed by atoms with van der Waals surface area (Å²) in [5.74, 6) is 1.11. The van der Waals surface area contributed by atoms with Crippen LogP contribution in [0.4, 0.5) is 5.69 Å². The highest BCUT2D eigenvalue weighted by atomic mass is 32.1. The molecule has 1 aromatic heterocycles. The van der Waals surface area contributed by atoms with Crippen LogP contribution in [0.5, 0.6) is 5.75 Å². The van der Waals surface area contributed by atoms with Gasteiger partial charge in [-0.15, -0.1) is 10.2 Å². The zero-order chi connectivity index (χ0) is 20.8. The minimum atomic E-state index is -0.708. The Balaban J connectivity index is 1.79. The molecule has 0 aliphatic heterocycles. The number of aryl methyl sites for hydroxylation is 1. The Kier molecular flexibility index (Phi) is 7.01. The summed E-state index contributed by atoms with van der Waals surface area (Å²) in [5, 5.41) is 23.5. The lowest BCUT2D eigenvalue weighted by Crippen LogP contribution is -2.37. The first-order chi connectivity index (χ1) is 13.9. The highest BCUT2D eigenvalue weighted by Gasteiger charge is 2.18. The van der Waals surface area contributed by atoms with Crippen LogP contribution in [0.25, 0.3) is 12.2 Å². The smallest absolute Gasteiger partial charge is 0.195 e. The van der Waals surface area contributed by atoms with Gasteiger partial charge in [-0.3, -0.25) is 0 Å². The van der Waals surface area contributed by atoms with Crippen LogP contribution in [0.15, 0.2) is 48.5 Å². The fraction of sp³-hybridized carbons (Fsp3) is 0.304. The van der Waals surface area contributed by atoms with Crippen molar-refractivity contribution in [2.75, 3.05) is 5.32 Å². The molecule has 0 aliphatic carbocycles. The summed E-state index contributed by atoms with van der Waals surface area (Å²) in [7, 11) is 0. The molecule has 152 valence electrons. The van der Waals surface area contributed by atoms with E-state index in [1.165, 1.54) is 16.9 Å². The van der Waals surface area contributed by atoms with Crippen molar-refractivity contribution < 1.29 is 9.84 Å². The van der Waals surface area contributed by atoms with Crippen molar-refractivity contribution in [3.05, 3.63) is 69.7 Å². The molecule has 2 atom stereocenters. The number of anilines is 1. The monoisotopic (exact) mass is 409 g/mol. The van der Waals surface area contributed by atoms with Gasteiger partial charge in [-0.1, -0.05) is 55.5 Å². The van der Waals surface area contributed by atoms with Gasteiger partial charge >= 0.3 is 0 Å². The quantitative estimate of drug-likeness (QED) is 0.492. The van der Waals surface area contributed by atoms with E-state index in [1.807, 2.05) is 55.5 Å². The molecule has 0 fully saturated rings. The van der Waals surface area contributed by atoms with E-state index in [4.69, 9.17) is 4.74 Å². The van der Waals surface area contributed by atoms with E-state index in [0.29, 0.717) is 11.7 Å². The fourth-order valence-electron chi connectivity index (χ4n) is 2.80. The maximum absolute atomic E-state index is 10.3. The molecule has 0 aliphatic rings. The Bertz CT molecular complexity index is 966. The third-order valence-corrected chi connectivity index (χ3v) is 5.22. The minimum Gasteiger partial charge on any atom is -0.467 e. The number of hydrogen-bond donors (Lipinski definition) is 2. The summed E-state index contributed by atoms with van der Waals surface area (Å²) in [4.78, 5) is 0. The van der Waals surface area contributed by atoms with Gasteiger partial charge in [-0.05, 0) is 55.7 Å². The zero-order valence-electron chi connectivity index (χ0n) is 17.2. The number of benzene rings is 2. The Morgan fingerprint density at radius 3 is 2.52 bits per heavy atom. The topological polar surface area (TPSA) is 67.3 Å². The second-order valence-electron chi connectivity index (χ2n) is 7.23. The molecule has 0 amide bonds. The summed E-state index contributed by atoms with van der Waals surface area (Å²) in [6.07, 6.45) is 2.58. The van der Waals surface area contributed by atoms with Gasteiger partial charge in [0.05, 0.1) is 0 Å². The number of rotatable bonds is 8. The number of ether oxygens (including phenoxy) is 1. The number of hydrogen-bond acceptors (Lipinski definition) is 6. The molecule has 2 aromatic carbocycles. The highest BCUT2D eigenvalue weighted by molar-refractivity contribution is 7.12. The maximum atomic E-state index is 10.3. The first-order valence-electron chi connectivity index (χ1n) is 9.71. The van der Waals surface area contributed by atoms with Crippen molar-refractivity contribution in [2.45, 2.75) is 45.9 Å². The molecule has 0 saturated carbocycles. The van der Waals surface area contributed by atoms with Crippen LogP contribution in [-0.2, 0) is 0 Å². The first-order valence-corrected chi connectivity index (χ1v) is 10.5. The number of para-hydroxylation sites is 1. The van der Waals surface area contributed by atoms with Gasteiger partial charge in [0.2, 0.25) is 0 Å². The number of nitrogens with one attached hydrogen (secondary N) is 1. The van der Waals surface area contributed by atoms with Crippen molar-refractivity contribution in [1.82, 2.24) is 10.2 Å². The fourth-order valence-corrected chi connectivity index (χ4v) is 3.41. The molecule has 2 N–H and O–H groups in total. The van der Waals surface area contributed by atoms with Gasteiger partial charge in [0.25, 0.3) is 0 Å². The van der Waals surface area contributed by atoms with Crippen LogP contribution in [-0.4, -0.2) is 27.6 Å². The van der Waals surface area contributed by atoms with Crippen LogP contribution in [0, 0.1) is 6.92 Å². The second kappa shape index (κ2) is 9.67. The van der Waals surface area contributed by atoms with Gasteiger partial charge in [0.1, 0.15) is 21.9 Å². The predicted octanol–water partition coefficient (Wildman–Crippen LogP) is 5.34. The molecule has 6 heteroatoms. The molecule has 1 heterocycles. The molecule has 0 saturated heterocycles. The average molecular weight is 410 g/mol. The predicted molar refractivity (Wildman–Crippen MR) is 120 cm³/mol. The van der Waals surface area contributed by atoms with E-state index in [2.05, 4.69) is 41.5 Å². The average Bonchev–Trinajstić information content (AvgIpc) is 3.12. The van der Waals surface area contributed by atoms with E-state index in [9.17, 15) is 5.11 Å². The molecule has 0 radical (unpaired) electrons. The van der Waals surface area contributed by atoms with Crippen LogP contribution in [0.3, 0.4) is 0 Å². The molecular formula is C23H27N3O2S. The van der Waals surface area contributed by atoms with E-state index < -0.39 is 12.3 Å². The lowest BCUT2D eigenvalue weighted by atomic mass is 10.0. The normalized spacial score (nSPS) is 13.6. The number of nitrogens with zero attached hydrogens (tertiary/aromatic N) is 2. The SMILES string of the molecule is Cc1nnc(C=Cc2ccccc2OC(Nc2cccc(C(C)C)c2)C(C)O)s1. The molecule has 0 bridgehead atoms. The molecule has 0 spiro atoms. The summed E-state index contributed by atoms with van der Waals surface area (Å²) >= 11 is 1.53. The molecule has 3 rings (SSSR count). The Morgan fingerprint density at radius 2 is 1.83 bits per heavy atom. The third-order valence-electron chi connectivity index (χ3n) is 4.42. The molecule has 29 heavy (non-hydrogen) atoms. The number of aromatic nitrogens is 2. The van der Waals surface area contributed by atoms with Gasteiger partial charge in [-0.2, -0.15) is 0 Å². The van der Waals surface area contributed by atoms with Crippen molar-refractivity contribution in [3.63, 3.8) is 0 Å². The minimum absolute atomic E-state index is 0.428. The Morgan fingerprint density at radius 1 is 1.03 bits per heavy atom. The zero-order valence-corrected chi connectivity index (χ0v) is 18.0. The van der Waals surface area contributed by atoms with Crippen LogP contribution in [0.1, 0.15) is 47.8 Å². The number of aliphatic hydroxyl groups excluding tert-OH is 1. The standard InChI is InChI=1S/C23H27N3O2S/c1-15(2)19-9-7-10-20(14-19)24-23(16(3)27)28-21-11-6-5-8-18(21)12-13-22-26-25-17(4)29-22/h5-16,23-24,27H,1-4H3. The largest absolute Gasteiger partial charge is 0.467 e. The molecule has 2 unspecified atom stereocenters. The first kappa shape index (κ1) is 21.0. The highest BCUT2D eigenvalue weighted by Crippen LogP contribution is 2.25. The summed E-state index contributed by atoms with van der Waals surface area (Å²) in [6.45, 7) is 7.96. The van der Waals surface area contributed by atoms with Gasteiger partial charge in [0, 0.05) is 11.3 Å².